The van der Waals surface area contributed by atoms with Crippen molar-refractivity contribution in [1.82, 2.24) is 0 Å². The second-order valence-corrected chi connectivity index (χ2v) is 6.44. The van der Waals surface area contributed by atoms with E-state index in [1.807, 2.05) is 0 Å². The summed E-state index contributed by atoms with van der Waals surface area (Å²) in [5, 5.41) is 3.76. The number of hydrogen-bond donors (Lipinski definition) is 1. The van der Waals surface area contributed by atoms with Crippen LogP contribution in [0.3, 0.4) is 0 Å². The fourth-order valence-electron chi connectivity index (χ4n) is 3.58. The monoisotopic (exact) mass is 325 g/mol. The second-order valence-electron chi connectivity index (χ2n) is 5.58. The number of halogens is 1. The minimum Gasteiger partial charge on any atom is -0.378 e. The van der Waals surface area contributed by atoms with Crippen LogP contribution in [0.15, 0.2) is 65.2 Å². The Morgan fingerprint density at radius 3 is 2.55 bits per heavy atom. The molecule has 1 N–H and O–H groups in total. The Morgan fingerprint density at radius 2 is 1.70 bits per heavy atom. The van der Waals surface area contributed by atoms with Crippen LogP contribution in [0.1, 0.15) is 29.5 Å². The van der Waals surface area contributed by atoms with Gasteiger partial charge in [0, 0.05) is 16.1 Å². The Hall–Kier alpha value is -1.54. The third-order valence-electron chi connectivity index (χ3n) is 4.51. The van der Waals surface area contributed by atoms with E-state index in [0.717, 1.165) is 6.42 Å². The highest BCUT2D eigenvalue weighted by Gasteiger charge is 2.38. The first-order valence-corrected chi connectivity index (χ1v) is 7.90. The van der Waals surface area contributed by atoms with Crippen molar-refractivity contribution in [2.75, 3.05) is 5.32 Å². The zero-order valence-corrected chi connectivity index (χ0v) is 12.7. The first-order valence-electron chi connectivity index (χ1n) is 7.11. The molecule has 1 aliphatic carbocycles. The summed E-state index contributed by atoms with van der Waals surface area (Å²) in [6.45, 7) is 0. The van der Waals surface area contributed by atoms with Gasteiger partial charge in [0.15, 0.2) is 0 Å². The van der Waals surface area contributed by atoms with Crippen LogP contribution in [0.25, 0.3) is 0 Å². The molecule has 2 heteroatoms. The minimum atomic E-state index is 0.375. The number of rotatable bonds is 1. The molecule has 0 unspecified atom stereocenters. The zero-order valence-electron chi connectivity index (χ0n) is 11.1. The van der Waals surface area contributed by atoms with Crippen molar-refractivity contribution >= 4 is 21.6 Å². The van der Waals surface area contributed by atoms with Crippen LogP contribution < -0.4 is 5.32 Å². The van der Waals surface area contributed by atoms with E-state index in [1.165, 1.54) is 21.3 Å². The summed E-state index contributed by atoms with van der Waals surface area (Å²) in [7, 11) is 0. The number of benzene rings is 2. The third kappa shape index (κ3) is 1.82. The third-order valence-corrected chi connectivity index (χ3v) is 5.23. The lowest BCUT2D eigenvalue weighted by Crippen LogP contribution is -2.29. The molecule has 0 radical (unpaired) electrons. The van der Waals surface area contributed by atoms with E-state index in [2.05, 4.69) is 81.9 Å². The number of fused-ring (bicyclic) bond motifs is 3. The van der Waals surface area contributed by atoms with Crippen LogP contribution in [0.4, 0.5) is 5.69 Å². The topological polar surface area (TPSA) is 12.0 Å². The highest BCUT2D eigenvalue weighted by atomic mass is 79.9. The molecule has 0 spiro atoms. The maximum atomic E-state index is 3.76. The normalized spacial score (nSPS) is 26.8. The van der Waals surface area contributed by atoms with Crippen molar-refractivity contribution in [3.63, 3.8) is 0 Å². The minimum absolute atomic E-state index is 0.375. The van der Waals surface area contributed by atoms with Crippen molar-refractivity contribution in [3.8, 4) is 0 Å². The smallest absolute Gasteiger partial charge is 0.0565 e. The van der Waals surface area contributed by atoms with Gasteiger partial charge in [-0.3, -0.25) is 0 Å². The van der Waals surface area contributed by atoms with Crippen molar-refractivity contribution in [2.24, 2.45) is 5.92 Å². The molecule has 1 nitrogen and oxygen atoms in total. The van der Waals surface area contributed by atoms with Gasteiger partial charge in [0.2, 0.25) is 0 Å². The molecule has 2 aromatic carbocycles. The molecule has 4 rings (SSSR count). The number of para-hydroxylation sites is 1. The number of hydrogen-bond acceptors (Lipinski definition) is 1. The maximum absolute atomic E-state index is 3.76. The molecule has 0 amide bonds. The Kier molecular flexibility index (Phi) is 2.92. The van der Waals surface area contributed by atoms with Crippen LogP contribution in [-0.2, 0) is 0 Å². The van der Waals surface area contributed by atoms with Crippen LogP contribution >= 0.6 is 15.9 Å². The highest BCUT2D eigenvalue weighted by Crippen LogP contribution is 2.50. The molecule has 2 aliphatic rings. The van der Waals surface area contributed by atoms with Gasteiger partial charge in [0.25, 0.3) is 0 Å². The Bertz CT molecular complexity index is 677. The fourth-order valence-corrected chi connectivity index (χ4v) is 4.11. The van der Waals surface area contributed by atoms with Crippen LogP contribution in [0, 0.1) is 5.92 Å². The molecule has 1 aliphatic heterocycles. The van der Waals surface area contributed by atoms with E-state index in [4.69, 9.17) is 0 Å². The molecule has 100 valence electrons. The largest absolute Gasteiger partial charge is 0.378 e. The molecular weight excluding hydrogens is 310 g/mol. The van der Waals surface area contributed by atoms with E-state index in [0.29, 0.717) is 17.9 Å². The Morgan fingerprint density at radius 1 is 0.950 bits per heavy atom. The van der Waals surface area contributed by atoms with Gasteiger partial charge in [-0.25, -0.2) is 0 Å². The summed E-state index contributed by atoms with van der Waals surface area (Å²) in [5.41, 5.74) is 4.08. The predicted molar refractivity (Wildman–Crippen MR) is 86.9 cm³/mol. The lowest BCUT2D eigenvalue weighted by molar-refractivity contribution is 0.424. The number of anilines is 1. The quantitative estimate of drug-likeness (QED) is 0.704. The highest BCUT2D eigenvalue weighted by molar-refractivity contribution is 9.10. The summed E-state index contributed by atoms with van der Waals surface area (Å²) >= 11 is 3.71. The van der Waals surface area contributed by atoms with Gasteiger partial charge in [-0.1, -0.05) is 64.5 Å². The molecule has 0 fully saturated rings. The summed E-state index contributed by atoms with van der Waals surface area (Å²) in [6, 6.07) is 17.6. The maximum Gasteiger partial charge on any atom is 0.0565 e. The van der Waals surface area contributed by atoms with Gasteiger partial charge < -0.3 is 5.32 Å². The van der Waals surface area contributed by atoms with Crippen LogP contribution in [0.2, 0.25) is 0 Å². The van der Waals surface area contributed by atoms with Crippen LogP contribution in [0.5, 0.6) is 0 Å². The van der Waals surface area contributed by atoms with E-state index in [1.54, 1.807) is 0 Å². The Balaban J connectivity index is 1.82. The van der Waals surface area contributed by atoms with E-state index in [9.17, 15) is 0 Å². The molecular formula is C18H16BrN. The molecule has 0 saturated carbocycles. The molecule has 20 heavy (non-hydrogen) atoms. The van der Waals surface area contributed by atoms with Crippen molar-refractivity contribution < 1.29 is 0 Å². The summed E-state index contributed by atoms with van der Waals surface area (Å²) in [5.74, 6) is 1.16. The Labute approximate surface area is 127 Å². The first kappa shape index (κ1) is 12.2. The van der Waals surface area contributed by atoms with Crippen molar-refractivity contribution in [3.05, 3.63) is 76.3 Å². The number of allylic oxidation sites excluding steroid dienone is 2. The molecule has 2 aromatic rings. The lowest BCUT2D eigenvalue weighted by Gasteiger charge is -2.37. The first-order chi connectivity index (χ1) is 9.84. The van der Waals surface area contributed by atoms with Gasteiger partial charge in [-0.15, -0.1) is 0 Å². The summed E-state index contributed by atoms with van der Waals surface area (Å²) in [6.07, 6.45) is 5.87. The lowest BCUT2D eigenvalue weighted by atomic mass is 9.77. The molecule has 3 atom stereocenters. The van der Waals surface area contributed by atoms with Gasteiger partial charge >= 0.3 is 0 Å². The van der Waals surface area contributed by atoms with Gasteiger partial charge in [0.05, 0.1) is 6.04 Å². The van der Waals surface area contributed by atoms with E-state index >= 15 is 0 Å². The van der Waals surface area contributed by atoms with Crippen molar-refractivity contribution in [2.45, 2.75) is 18.4 Å². The average molecular weight is 326 g/mol. The molecule has 0 bridgehead atoms. The fraction of sp³-hybridized carbons (Fsp3) is 0.222. The average Bonchev–Trinajstić information content (AvgIpc) is 2.97. The van der Waals surface area contributed by atoms with Gasteiger partial charge in [-0.05, 0) is 35.6 Å². The van der Waals surface area contributed by atoms with Gasteiger partial charge in [0.1, 0.15) is 0 Å². The zero-order chi connectivity index (χ0) is 13.5. The molecule has 0 aromatic heterocycles. The van der Waals surface area contributed by atoms with Crippen LogP contribution in [-0.4, -0.2) is 0 Å². The summed E-state index contributed by atoms with van der Waals surface area (Å²) in [4.78, 5) is 0. The predicted octanol–water partition coefficient (Wildman–Crippen LogP) is 5.28. The van der Waals surface area contributed by atoms with Gasteiger partial charge in [-0.2, -0.15) is 0 Å². The van der Waals surface area contributed by atoms with E-state index in [-0.39, 0.29) is 0 Å². The second kappa shape index (κ2) is 4.78. The number of nitrogens with one attached hydrogen (secondary N) is 1. The molecule has 1 heterocycles. The molecule has 0 saturated heterocycles. The summed E-state index contributed by atoms with van der Waals surface area (Å²) < 4.78 is 1.20. The van der Waals surface area contributed by atoms with E-state index < -0.39 is 0 Å². The van der Waals surface area contributed by atoms with Crippen molar-refractivity contribution in [1.29, 1.82) is 0 Å². The standard InChI is InChI=1S/C18H16BrN/c19-16-10-3-1-7-15(16)18-14-9-5-8-12(14)13-6-2-4-11-17(13)20-18/h1-8,10-12,14,18,20H,9H2/t12-,14-,18+/m1/s1. The SMILES string of the molecule is Brc1ccccc1[C@H]1Nc2ccccc2[C@H]2C=CC[C@H]21.